The molecule has 2 aliphatic heterocycles. The molecule has 2 aliphatic rings. The number of carboxylic acid groups (broad SMARTS) is 1. The Hall–Kier alpha value is -1.28. The van der Waals surface area contributed by atoms with E-state index < -0.39 is 17.3 Å². The van der Waals surface area contributed by atoms with Crippen LogP contribution >= 0.6 is 11.8 Å². The van der Waals surface area contributed by atoms with Crippen LogP contribution in [0.25, 0.3) is 0 Å². The van der Waals surface area contributed by atoms with Gasteiger partial charge in [-0.1, -0.05) is 48.2 Å². The molecule has 114 valence electrons. The van der Waals surface area contributed by atoms with Gasteiger partial charge in [0.25, 0.3) is 5.91 Å². The summed E-state index contributed by atoms with van der Waals surface area (Å²) in [4.78, 5) is 28.5. The molecular formula is C15H13N2NaO4S. The molecule has 1 aromatic rings. The van der Waals surface area contributed by atoms with Crippen molar-refractivity contribution >= 4 is 29.5 Å². The molecule has 0 spiro atoms. The zero-order valence-electron chi connectivity index (χ0n) is 12.5. The fourth-order valence-electron chi connectivity index (χ4n) is 2.50. The summed E-state index contributed by atoms with van der Waals surface area (Å²) in [5.41, 5.74) is 0.814. The van der Waals surface area contributed by atoms with Crippen LogP contribution in [0, 0.1) is 0 Å². The average Bonchev–Trinajstić information content (AvgIpc) is 3.02. The smallest absolute Gasteiger partial charge is 0.862 e. The second-order valence-corrected chi connectivity index (χ2v) is 6.23. The molecule has 6 nitrogen and oxygen atoms in total. The summed E-state index contributed by atoms with van der Waals surface area (Å²) in [6, 6.07) is 9.16. The standard InChI is InChI=1S/C15H14N2O4S.Na/c18-11(8-9-4-2-1-3-5-9)16-13-14(19)17-10(15(20)21)6-7-12(17)22-13;/h1-6,12-13H,7-8H2,(H,16,18)(H,20,21);/q;+1/p-1/t12-,13-;/m0./s1. The van der Waals surface area contributed by atoms with Gasteiger partial charge in [-0.3, -0.25) is 14.7 Å². The Morgan fingerprint density at radius 1 is 1.39 bits per heavy atom. The predicted molar refractivity (Wildman–Crippen MR) is 79.9 cm³/mol. The van der Waals surface area contributed by atoms with Crippen molar-refractivity contribution in [1.29, 1.82) is 0 Å². The third kappa shape index (κ3) is 3.80. The number of carbonyl (C=O) groups excluding carboxylic acids is 1. The van der Waals surface area contributed by atoms with Crippen molar-refractivity contribution in [2.75, 3.05) is 0 Å². The quantitative estimate of drug-likeness (QED) is 0.374. The Morgan fingerprint density at radius 3 is 2.74 bits per heavy atom. The number of thioether (sulfide) groups is 1. The van der Waals surface area contributed by atoms with Crippen molar-refractivity contribution in [3.05, 3.63) is 47.7 Å². The van der Waals surface area contributed by atoms with Gasteiger partial charge in [-0.15, -0.1) is 0 Å². The first kappa shape index (κ1) is 18.1. The predicted octanol–water partition coefficient (Wildman–Crippen LogP) is -2.41. The van der Waals surface area contributed by atoms with Crippen molar-refractivity contribution < 1.29 is 49.4 Å². The molecule has 0 radical (unpaired) electrons. The largest absolute Gasteiger partial charge is 1.00 e. The van der Waals surface area contributed by atoms with Gasteiger partial charge in [0.1, 0.15) is 5.70 Å². The Balaban J connectivity index is 0.00000192. The van der Waals surface area contributed by atoms with Gasteiger partial charge in [-0.2, -0.15) is 0 Å². The molecule has 8 heteroatoms. The van der Waals surface area contributed by atoms with Gasteiger partial charge in [-0.25, -0.2) is 4.79 Å². The molecule has 0 unspecified atom stereocenters. The summed E-state index contributed by atoms with van der Waals surface area (Å²) in [6.45, 7) is 0. The molecule has 0 aromatic heterocycles. The summed E-state index contributed by atoms with van der Waals surface area (Å²) < 4.78 is 0. The second kappa shape index (κ2) is 7.53. The molecule has 1 fully saturated rings. The summed E-state index contributed by atoms with van der Waals surface area (Å²) in [7, 11) is 0. The molecule has 2 atom stereocenters. The number of carboxylic acids is 1. The Kier molecular flexibility index (Phi) is 5.91. The zero-order valence-corrected chi connectivity index (χ0v) is 15.3. The van der Waals surface area contributed by atoms with E-state index in [-0.39, 0.29) is 52.9 Å². The van der Waals surface area contributed by atoms with Gasteiger partial charge < -0.3 is 10.2 Å². The second-order valence-electron chi connectivity index (χ2n) is 4.97. The first-order valence-corrected chi connectivity index (χ1v) is 7.70. The maximum absolute atomic E-state index is 12.2. The Bertz CT molecular complexity index is 677. The molecule has 1 aromatic carbocycles. The van der Waals surface area contributed by atoms with E-state index in [2.05, 4.69) is 4.99 Å². The number of hydrogen-bond donors (Lipinski definition) is 1. The Labute approximate surface area is 159 Å². The normalized spacial score (nSPS) is 23.3. The monoisotopic (exact) mass is 340 g/mol. The minimum atomic E-state index is -1.13. The van der Waals surface area contributed by atoms with E-state index in [1.165, 1.54) is 22.7 Å². The van der Waals surface area contributed by atoms with E-state index in [1.807, 2.05) is 30.3 Å². The molecule has 3 rings (SSSR count). The van der Waals surface area contributed by atoms with Crippen LogP contribution in [-0.4, -0.2) is 38.5 Å². The van der Waals surface area contributed by atoms with Crippen LogP contribution in [0.4, 0.5) is 0 Å². The van der Waals surface area contributed by atoms with E-state index in [1.54, 1.807) is 0 Å². The topological polar surface area (TPSA) is 93.0 Å². The SMILES string of the molecule is O=C(O)C1=CC[C@@H]2S[C@H](N=C([O-])Cc3ccccc3)C(=O)N12.[Na+]. The third-order valence-electron chi connectivity index (χ3n) is 3.47. The molecule has 0 bridgehead atoms. The molecule has 2 heterocycles. The summed E-state index contributed by atoms with van der Waals surface area (Å²) in [5.74, 6) is -1.94. The number of rotatable bonds is 4. The zero-order chi connectivity index (χ0) is 15.7. The van der Waals surface area contributed by atoms with Crippen LogP contribution in [0.5, 0.6) is 0 Å². The summed E-state index contributed by atoms with van der Waals surface area (Å²) in [6.07, 6.45) is 2.13. The minimum absolute atomic E-state index is 0. The number of amides is 1. The number of nitrogens with zero attached hydrogens (tertiary/aromatic N) is 2. The van der Waals surface area contributed by atoms with Gasteiger partial charge >= 0.3 is 35.5 Å². The number of carbonyl (C=O) groups is 2. The maximum atomic E-state index is 12.2. The molecule has 23 heavy (non-hydrogen) atoms. The van der Waals surface area contributed by atoms with E-state index >= 15 is 0 Å². The van der Waals surface area contributed by atoms with Gasteiger partial charge in [-0.05, 0) is 17.9 Å². The van der Waals surface area contributed by atoms with Crippen LogP contribution in [0.3, 0.4) is 0 Å². The van der Waals surface area contributed by atoms with Gasteiger partial charge in [0.2, 0.25) is 0 Å². The van der Waals surface area contributed by atoms with Gasteiger partial charge in [0.15, 0.2) is 5.37 Å². The van der Waals surface area contributed by atoms with E-state index in [0.29, 0.717) is 6.42 Å². The summed E-state index contributed by atoms with van der Waals surface area (Å²) >= 11 is 1.22. The number of hydrogen-bond acceptors (Lipinski definition) is 5. The maximum Gasteiger partial charge on any atom is 1.00 e. The van der Waals surface area contributed by atoms with Crippen molar-refractivity contribution in [2.24, 2.45) is 4.99 Å². The number of aliphatic imine (C=N–C) groups is 1. The average molecular weight is 340 g/mol. The van der Waals surface area contributed by atoms with Gasteiger partial charge in [0, 0.05) is 6.42 Å². The fourth-order valence-corrected chi connectivity index (χ4v) is 3.75. The van der Waals surface area contributed by atoms with Crippen LogP contribution in [0.15, 0.2) is 47.1 Å². The molecule has 1 N–H and O–H groups in total. The van der Waals surface area contributed by atoms with Crippen LogP contribution in [0.1, 0.15) is 12.0 Å². The van der Waals surface area contributed by atoms with Gasteiger partial charge in [0.05, 0.1) is 5.37 Å². The van der Waals surface area contributed by atoms with Crippen LogP contribution < -0.4 is 34.7 Å². The van der Waals surface area contributed by atoms with Crippen molar-refractivity contribution in [3.8, 4) is 0 Å². The van der Waals surface area contributed by atoms with E-state index in [9.17, 15) is 14.7 Å². The van der Waals surface area contributed by atoms with Crippen molar-refractivity contribution in [1.82, 2.24) is 4.90 Å². The van der Waals surface area contributed by atoms with Crippen LogP contribution in [0.2, 0.25) is 0 Å². The third-order valence-corrected chi connectivity index (χ3v) is 4.76. The Morgan fingerprint density at radius 2 is 2.09 bits per heavy atom. The van der Waals surface area contributed by atoms with Crippen LogP contribution in [-0.2, 0) is 16.0 Å². The van der Waals surface area contributed by atoms with Crippen molar-refractivity contribution in [3.63, 3.8) is 0 Å². The summed E-state index contributed by atoms with van der Waals surface area (Å²) in [5, 5.41) is 19.9. The molecule has 1 saturated heterocycles. The molecule has 0 saturated carbocycles. The molecular weight excluding hydrogens is 327 g/mol. The first-order chi connectivity index (χ1) is 10.6. The van der Waals surface area contributed by atoms with E-state index in [4.69, 9.17) is 5.11 Å². The molecule has 0 aliphatic carbocycles. The number of aliphatic carboxylic acids is 1. The first-order valence-electron chi connectivity index (χ1n) is 6.76. The molecule has 1 amide bonds. The minimum Gasteiger partial charge on any atom is -0.862 e. The van der Waals surface area contributed by atoms with E-state index in [0.717, 1.165) is 5.56 Å². The van der Waals surface area contributed by atoms with Crippen molar-refractivity contribution in [2.45, 2.75) is 23.6 Å². The number of fused-ring (bicyclic) bond motifs is 1. The number of benzene rings is 1. The fraction of sp³-hybridized carbons (Fsp3) is 0.267.